The number of aliphatic hydroxyl groups is 1. The number of nitrogens with zero attached hydrogens (tertiary/aromatic N) is 3. The van der Waals surface area contributed by atoms with E-state index in [-0.39, 0.29) is 0 Å². The quantitative estimate of drug-likeness (QED) is 0.621. The van der Waals surface area contributed by atoms with Crippen LogP contribution in [0.2, 0.25) is 0 Å². The predicted octanol–water partition coefficient (Wildman–Crippen LogP) is 0.534. The smallest absolute Gasteiger partial charge is 0.225 e. The van der Waals surface area contributed by atoms with E-state index < -0.39 is 5.66 Å². The Morgan fingerprint density at radius 2 is 2.41 bits per heavy atom. The fourth-order valence-corrected chi connectivity index (χ4v) is 1.97. The third-order valence-corrected chi connectivity index (χ3v) is 3.18. The second-order valence-corrected chi connectivity index (χ2v) is 4.48. The first-order valence-electron chi connectivity index (χ1n) is 5.86. The Kier molecular flexibility index (Phi) is 2.95. The highest BCUT2D eigenvalue weighted by atomic mass is 16.3. The first kappa shape index (κ1) is 11.8. The van der Waals surface area contributed by atoms with Gasteiger partial charge in [0, 0.05) is 26.4 Å². The van der Waals surface area contributed by atoms with Crippen molar-refractivity contribution in [3.63, 3.8) is 0 Å². The Morgan fingerprint density at radius 3 is 3.00 bits per heavy atom. The van der Waals surface area contributed by atoms with Crippen LogP contribution in [0.5, 0.6) is 0 Å². The molecular formula is C11H19N5O. The summed E-state index contributed by atoms with van der Waals surface area (Å²) in [6.45, 7) is 2.86. The summed E-state index contributed by atoms with van der Waals surface area (Å²) >= 11 is 0. The van der Waals surface area contributed by atoms with E-state index in [0.717, 1.165) is 13.0 Å². The second kappa shape index (κ2) is 4.27. The average Bonchev–Trinajstić information content (AvgIpc) is 2.31. The van der Waals surface area contributed by atoms with Gasteiger partial charge in [-0.25, -0.2) is 4.99 Å². The summed E-state index contributed by atoms with van der Waals surface area (Å²) < 4.78 is 0. The molecule has 0 saturated carbocycles. The lowest BCUT2D eigenvalue weighted by Crippen LogP contribution is -2.55. The van der Waals surface area contributed by atoms with Crippen molar-refractivity contribution in [2.24, 2.45) is 15.7 Å². The Bertz CT molecular complexity index is 401. The molecule has 94 valence electrons. The van der Waals surface area contributed by atoms with Gasteiger partial charge in [-0.3, -0.25) is 0 Å². The zero-order valence-electron chi connectivity index (χ0n) is 10.3. The Balaban J connectivity index is 2.26. The molecule has 1 spiro atoms. The van der Waals surface area contributed by atoms with Crippen LogP contribution in [0, 0.1) is 0 Å². The molecule has 1 heterocycles. The van der Waals surface area contributed by atoms with Gasteiger partial charge in [-0.2, -0.15) is 4.99 Å². The topological polar surface area (TPSA) is 86.2 Å². The second-order valence-electron chi connectivity index (χ2n) is 4.48. The highest BCUT2D eigenvalue weighted by molar-refractivity contribution is 5.96. The number of nitrogens with two attached hydrogens (primary N) is 1. The number of hydrogen-bond donors (Lipinski definition) is 3. The summed E-state index contributed by atoms with van der Waals surface area (Å²) in [5.41, 5.74) is 5.37. The molecule has 1 atom stereocenters. The Labute approximate surface area is 101 Å². The van der Waals surface area contributed by atoms with Gasteiger partial charge in [0.15, 0.2) is 5.96 Å². The van der Waals surface area contributed by atoms with Crippen molar-refractivity contribution in [2.75, 3.05) is 13.6 Å². The SMILES string of the molecule is CCN(C)C1=NC2(CC=C(O)CC2)NC(N)=N1. The Morgan fingerprint density at radius 1 is 1.65 bits per heavy atom. The van der Waals surface area contributed by atoms with Gasteiger partial charge in [0.05, 0.1) is 5.76 Å². The molecule has 1 aliphatic heterocycles. The molecule has 0 bridgehead atoms. The minimum Gasteiger partial charge on any atom is -0.513 e. The van der Waals surface area contributed by atoms with Crippen LogP contribution in [0.4, 0.5) is 0 Å². The van der Waals surface area contributed by atoms with Crippen LogP contribution in [-0.4, -0.2) is 41.2 Å². The van der Waals surface area contributed by atoms with E-state index in [2.05, 4.69) is 15.3 Å². The maximum Gasteiger partial charge on any atom is 0.225 e. The van der Waals surface area contributed by atoms with Gasteiger partial charge in [-0.1, -0.05) is 0 Å². The highest BCUT2D eigenvalue weighted by Crippen LogP contribution is 2.29. The summed E-state index contributed by atoms with van der Waals surface area (Å²) in [6.07, 6.45) is 3.78. The monoisotopic (exact) mass is 237 g/mol. The lowest BCUT2D eigenvalue weighted by atomic mass is 9.93. The molecule has 0 aromatic heterocycles. The number of nitrogens with one attached hydrogen (secondary N) is 1. The van der Waals surface area contributed by atoms with E-state index in [1.54, 1.807) is 6.08 Å². The van der Waals surface area contributed by atoms with Gasteiger partial charge in [0.25, 0.3) is 0 Å². The molecule has 17 heavy (non-hydrogen) atoms. The summed E-state index contributed by atoms with van der Waals surface area (Å²) in [7, 11) is 1.94. The molecule has 0 saturated heterocycles. The molecule has 0 radical (unpaired) electrons. The zero-order chi connectivity index (χ0) is 12.5. The number of allylic oxidation sites excluding steroid dienone is 1. The van der Waals surface area contributed by atoms with Crippen LogP contribution in [0.15, 0.2) is 21.8 Å². The first-order valence-corrected chi connectivity index (χ1v) is 5.86. The van der Waals surface area contributed by atoms with Crippen molar-refractivity contribution in [3.8, 4) is 0 Å². The van der Waals surface area contributed by atoms with Crippen molar-refractivity contribution in [1.82, 2.24) is 10.2 Å². The summed E-state index contributed by atoms with van der Waals surface area (Å²) in [5.74, 6) is 1.47. The molecule has 0 amide bonds. The van der Waals surface area contributed by atoms with Gasteiger partial charge in [0.2, 0.25) is 5.96 Å². The molecule has 0 aromatic rings. The van der Waals surface area contributed by atoms with Crippen molar-refractivity contribution in [3.05, 3.63) is 11.8 Å². The van der Waals surface area contributed by atoms with Crippen molar-refractivity contribution >= 4 is 11.9 Å². The first-order chi connectivity index (χ1) is 8.04. The third-order valence-electron chi connectivity index (χ3n) is 3.18. The van der Waals surface area contributed by atoms with Gasteiger partial charge < -0.3 is 21.1 Å². The van der Waals surface area contributed by atoms with Crippen LogP contribution >= 0.6 is 0 Å². The molecule has 6 heteroatoms. The fraction of sp³-hybridized carbons (Fsp3) is 0.636. The zero-order valence-corrected chi connectivity index (χ0v) is 10.3. The van der Waals surface area contributed by atoms with Crippen LogP contribution < -0.4 is 11.1 Å². The van der Waals surface area contributed by atoms with Crippen molar-refractivity contribution < 1.29 is 5.11 Å². The van der Waals surface area contributed by atoms with E-state index in [0.29, 0.717) is 30.5 Å². The normalized spacial score (nSPS) is 28.0. The maximum atomic E-state index is 9.42. The maximum absolute atomic E-state index is 9.42. The molecule has 4 N–H and O–H groups in total. The molecule has 1 aliphatic carbocycles. The minimum atomic E-state index is -0.434. The highest BCUT2D eigenvalue weighted by Gasteiger charge is 2.35. The number of aliphatic imine (C=N–C) groups is 2. The standard InChI is InChI=1S/C11H19N5O/c1-3-16(2)10-13-9(12)14-11(15-10)6-4-8(17)5-7-11/h4,17H,3,5-7H2,1-2H3,(H3,12,13,14,15). The van der Waals surface area contributed by atoms with Crippen LogP contribution in [-0.2, 0) is 0 Å². The molecular weight excluding hydrogens is 218 g/mol. The number of guanidine groups is 2. The summed E-state index contributed by atoms with van der Waals surface area (Å²) in [6, 6.07) is 0. The minimum absolute atomic E-state index is 0.394. The van der Waals surface area contributed by atoms with Gasteiger partial charge >= 0.3 is 0 Å². The lowest BCUT2D eigenvalue weighted by Gasteiger charge is -2.37. The molecule has 2 rings (SSSR count). The molecule has 6 nitrogen and oxygen atoms in total. The molecule has 2 aliphatic rings. The third kappa shape index (κ3) is 2.35. The van der Waals surface area contributed by atoms with Crippen molar-refractivity contribution in [1.29, 1.82) is 0 Å². The van der Waals surface area contributed by atoms with Gasteiger partial charge in [-0.15, -0.1) is 0 Å². The largest absolute Gasteiger partial charge is 0.513 e. The molecule has 0 aromatic carbocycles. The Hall–Kier alpha value is -1.72. The van der Waals surface area contributed by atoms with E-state index in [1.165, 1.54) is 0 Å². The van der Waals surface area contributed by atoms with E-state index in [9.17, 15) is 5.11 Å². The van der Waals surface area contributed by atoms with E-state index in [1.807, 2.05) is 18.9 Å². The number of rotatable bonds is 1. The van der Waals surface area contributed by atoms with Gasteiger partial charge in [0.1, 0.15) is 5.66 Å². The molecule has 0 fully saturated rings. The number of aliphatic hydroxyl groups excluding tert-OH is 1. The summed E-state index contributed by atoms with van der Waals surface area (Å²) in [4.78, 5) is 10.8. The van der Waals surface area contributed by atoms with E-state index in [4.69, 9.17) is 5.73 Å². The predicted molar refractivity (Wildman–Crippen MR) is 67.8 cm³/mol. The fourth-order valence-electron chi connectivity index (χ4n) is 1.97. The molecule has 1 unspecified atom stereocenters. The van der Waals surface area contributed by atoms with Crippen LogP contribution in [0.1, 0.15) is 26.2 Å². The summed E-state index contributed by atoms with van der Waals surface area (Å²) in [5, 5.41) is 12.5. The average molecular weight is 237 g/mol. The van der Waals surface area contributed by atoms with Crippen molar-refractivity contribution in [2.45, 2.75) is 31.8 Å². The van der Waals surface area contributed by atoms with Gasteiger partial charge in [-0.05, 0) is 19.4 Å². The number of hydrogen-bond acceptors (Lipinski definition) is 6. The van der Waals surface area contributed by atoms with Crippen LogP contribution in [0.3, 0.4) is 0 Å². The van der Waals surface area contributed by atoms with E-state index >= 15 is 0 Å². The van der Waals surface area contributed by atoms with Crippen LogP contribution in [0.25, 0.3) is 0 Å². The lowest BCUT2D eigenvalue weighted by molar-refractivity contribution is 0.286.